The standard InChI is InChI=1S/C10H12O3.C2H6/c1-3-13-10(12)8-5-4-7(2)6-9(8)11;1-2/h4-6,11H,3H2,1-2H3;1-2H3. The quantitative estimate of drug-likeness (QED) is 0.763. The highest BCUT2D eigenvalue weighted by atomic mass is 16.5. The molecule has 0 atom stereocenters. The molecule has 0 heterocycles. The number of carbonyl (C=O) groups is 1. The number of hydrogen-bond acceptors (Lipinski definition) is 3. The van der Waals surface area contributed by atoms with Crippen LogP contribution in [0.25, 0.3) is 0 Å². The summed E-state index contributed by atoms with van der Waals surface area (Å²) in [5.74, 6) is -0.515. The zero-order valence-corrected chi connectivity index (χ0v) is 9.70. The molecule has 84 valence electrons. The van der Waals surface area contributed by atoms with Crippen LogP contribution in [0.3, 0.4) is 0 Å². The molecule has 0 amide bonds. The fourth-order valence-corrected chi connectivity index (χ4v) is 1.02. The topological polar surface area (TPSA) is 46.5 Å². The summed E-state index contributed by atoms with van der Waals surface area (Å²) in [4.78, 5) is 11.2. The van der Waals surface area contributed by atoms with E-state index >= 15 is 0 Å². The van der Waals surface area contributed by atoms with Gasteiger partial charge in [-0.15, -0.1) is 0 Å². The van der Waals surface area contributed by atoms with E-state index < -0.39 is 5.97 Å². The highest BCUT2D eigenvalue weighted by Crippen LogP contribution is 2.18. The Hall–Kier alpha value is -1.51. The van der Waals surface area contributed by atoms with E-state index in [0.717, 1.165) is 5.56 Å². The van der Waals surface area contributed by atoms with Gasteiger partial charge in [0, 0.05) is 0 Å². The first kappa shape index (κ1) is 13.5. The van der Waals surface area contributed by atoms with E-state index in [2.05, 4.69) is 0 Å². The SMILES string of the molecule is CC.CCOC(=O)c1ccc(C)cc1O. The maximum atomic E-state index is 11.2. The molecular formula is C12H18O3. The molecular weight excluding hydrogens is 192 g/mol. The lowest BCUT2D eigenvalue weighted by Crippen LogP contribution is -2.04. The Morgan fingerprint density at radius 3 is 2.47 bits per heavy atom. The maximum Gasteiger partial charge on any atom is 0.341 e. The lowest BCUT2D eigenvalue weighted by atomic mass is 10.1. The second kappa shape index (κ2) is 6.87. The van der Waals surface area contributed by atoms with Crippen LogP contribution in [-0.2, 0) is 4.74 Å². The number of ether oxygens (including phenoxy) is 1. The first-order valence-corrected chi connectivity index (χ1v) is 5.12. The Morgan fingerprint density at radius 1 is 1.40 bits per heavy atom. The number of esters is 1. The minimum Gasteiger partial charge on any atom is -0.507 e. The number of aryl methyl sites for hydroxylation is 1. The third kappa shape index (κ3) is 4.02. The van der Waals surface area contributed by atoms with Crippen molar-refractivity contribution < 1.29 is 14.6 Å². The summed E-state index contributed by atoms with van der Waals surface area (Å²) in [5.41, 5.74) is 1.12. The molecule has 3 heteroatoms. The van der Waals surface area contributed by atoms with E-state index in [9.17, 15) is 9.90 Å². The third-order valence-corrected chi connectivity index (χ3v) is 1.65. The van der Waals surface area contributed by atoms with Gasteiger partial charge >= 0.3 is 5.97 Å². The number of phenols is 1. The van der Waals surface area contributed by atoms with Gasteiger partial charge in [-0.2, -0.15) is 0 Å². The van der Waals surface area contributed by atoms with Gasteiger partial charge in [-0.1, -0.05) is 19.9 Å². The van der Waals surface area contributed by atoms with Gasteiger partial charge in [0.15, 0.2) is 0 Å². The second-order valence-electron chi connectivity index (χ2n) is 2.74. The second-order valence-corrected chi connectivity index (χ2v) is 2.74. The number of aromatic hydroxyl groups is 1. The average molecular weight is 210 g/mol. The smallest absolute Gasteiger partial charge is 0.341 e. The van der Waals surface area contributed by atoms with Gasteiger partial charge in [-0.3, -0.25) is 0 Å². The van der Waals surface area contributed by atoms with Crippen molar-refractivity contribution in [2.75, 3.05) is 6.61 Å². The Morgan fingerprint density at radius 2 is 2.00 bits per heavy atom. The Labute approximate surface area is 90.7 Å². The molecule has 0 bridgehead atoms. The number of carbonyl (C=O) groups excluding carboxylic acids is 1. The predicted molar refractivity (Wildman–Crippen MR) is 60.1 cm³/mol. The van der Waals surface area contributed by atoms with E-state index in [1.807, 2.05) is 20.8 Å². The summed E-state index contributed by atoms with van der Waals surface area (Å²) < 4.78 is 4.75. The van der Waals surface area contributed by atoms with Crippen molar-refractivity contribution >= 4 is 5.97 Å². The van der Waals surface area contributed by atoms with Gasteiger partial charge in [0.25, 0.3) is 0 Å². The molecule has 0 saturated heterocycles. The van der Waals surface area contributed by atoms with Crippen LogP contribution in [0.1, 0.15) is 36.7 Å². The Kier molecular flexibility index (Phi) is 6.18. The van der Waals surface area contributed by atoms with Crippen LogP contribution < -0.4 is 0 Å². The molecule has 3 nitrogen and oxygen atoms in total. The van der Waals surface area contributed by atoms with Crippen LogP contribution in [0.15, 0.2) is 18.2 Å². The number of benzene rings is 1. The van der Waals surface area contributed by atoms with E-state index in [1.165, 1.54) is 6.07 Å². The monoisotopic (exact) mass is 210 g/mol. The zero-order valence-electron chi connectivity index (χ0n) is 9.70. The van der Waals surface area contributed by atoms with Gasteiger partial charge < -0.3 is 9.84 Å². The number of rotatable bonds is 2. The summed E-state index contributed by atoms with van der Waals surface area (Å²) in [6.45, 7) is 7.88. The van der Waals surface area contributed by atoms with Crippen molar-refractivity contribution in [1.82, 2.24) is 0 Å². The van der Waals surface area contributed by atoms with Crippen LogP contribution in [0.5, 0.6) is 5.75 Å². The Bertz CT molecular complexity index is 319. The van der Waals surface area contributed by atoms with Crippen LogP contribution >= 0.6 is 0 Å². The lowest BCUT2D eigenvalue weighted by molar-refractivity contribution is 0.0523. The molecule has 15 heavy (non-hydrogen) atoms. The molecule has 1 rings (SSSR count). The predicted octanol–water partition coefficient (Wildman–Crippen LogP) is 2.90. The van der Waals surface area contributed by atoms with E-state index in [0.29, 0.717) is 6.61 Å². The molecule has 1 aromatic carbocycles. The maximum absolute atomic E-state index is 11.2. The molecule has 1 aromatic rings. The summed E-state index contributed by atoms with van der Waals surface area (Å²) in [5, 5.41) is 9.39. The highest BCUT2D eigenvalue weighted by Gasteiger charge is 2.10. The van der Waals surface area contributed by atoms with Crippen LogP contribution in [0.4, 0.5) is 0 Å². The van der Waals surface area contributed by atoms with Crippen molar-refractivity contribution in [2.45, 2.75) is 27.7 Å². The largest absolute Gasteiger partial charge is 0.507 e. The zero-order chi connectivity index (χ0) is 11.8. The number of phenolic OH excluding ortho intramolecular Hbond substituents is 1. The molecule has 0 aliphatic rings. The van der Waals surface area contributed by atoms with E-state index in [1.54, 1.807) is 19.1 Å². The lowest BCUT2D eigenvalue weighted by Gasteiger charge is -2.04. The fraction of sp³-hybridized carbons (Fsp3) is 0.417. The van der Waals surface area contributed by atoms with Crippen LogP contribution in [-0.4, -0.2) is 17.7 Å². The summed E-state index contributed by atoms with van der Waals surface area (Å²) in [6, 6.07) is 4.85. The van der Waals surface area contributed by atoms with Crippen molar-refractivity contribution in [3.05, 3.63) is 29.3 Å². The third-order valence-electron chi connectivity index (χ3n) is 1.65. The van der Waals surface area contributed by atoms with E-state index in [4.69, 9.17) is 4.74 Å². The molecule has 0 aliphatic heterocycles. The van der Waals surface area contributed by atoms with E-state index in [-0.39, 0.29) is 11.3 Å². The molecule has 0 unspecified atom stereocenters. The number of hydrogen-bond donors (Lipinski definition) is 1. The van der Waals surface area contributed by atoms with Crippen molar-refractivity contribution in [3.8, 4) is 5.75 Å². The molecule has 0 spiro atoms. The van der Waals surface area contributed by atoms with Gasteiger partial charge in [0.2, 0.25) is 0 Å². The van der Waals surface area contributed by atoms with Gasteiger partial charge in [0.05, 0.1) is 6.61 Å². The molecule has 0 aromatic heterocycles. The molecule has 1 N–H and O–H groups in total. The van der Waals surface area contributed by atoms with Gasteiger partial charge in [-0.25, -0.2) is 4.79 Å². The minimum absolute atomic E-state index is 0.0292. The Balaban J connectivity index is 0.000000921. The van der Waals surface area contributed by atoms with Crippen LogP contribution in [0, 0.1) is 6.92 Å². The summed E-state index contributed by atoms with van der Waals surface area (Å²) in [6.07, 6.45) is 0. The highest BCUT2D eigenvalue weighted by molar-refractivity contribution is 5.92. The minimum atomic E-state index is -0.486. The normalized spacial score (nSPS) is 8.80. The first-order chi connectivity index (χ1) is 7.15. The fourth-order valence-electron chi connectivity index (χ4n) is 1.02. The average Bonchev–Trinajstić information content (AvgIpc) is 2.21. The molecule has 0 radical (unpaired) electrons. The summed E-state index contributed by atoms with van der Waals surface area (Å²) in [7, 11) is 0. The van der Waals surface area contributed by atoms with Crippen molar-refractivity contribution in [2.24, 2.45) is 0 Å². The first-order valence-electron chi connectivity index (χ1n) is 5.12. The van der Waals surface area contributed by atoms with Crippen molar-refractivity contribution in [3.63, 3.8) is 0 Å². The molecule has 0 fully saturated rings. The molecule has 0 saturated carbocycles. The van der Waals surface area contributed by atoms with Gasteiger partial charge in [0.1, 0.15) is 11.3 Å². The van der Waals surface area contributed by atoms with Crippen molar-refractivity contribution in [1.29, 1.82) is 0 Å². The van der Waals surface area contributed by atoms with Crippen LogP contribution in [0.2, 0.25) is 0 Å². The molecule has 0 aliphatic carbocycles. The summed E-state index contributed by atoms with van der Waals surface area (Å²) >= 11 is 0. The van der Waals surface area contributed by atoms with Gasteiger partial charge in [-0.05, 0) is 31.5 Å².